The van der Waals surface area contributed by atoms with Crippen LogP contribution in [0.3, 0.4) is 0 Å². The van der Waals surface area contributed by atoms with E-state index in [4.69, 9.17) is 16.2 Å². The summed E-state index contributed by atoms with van der Waals surface area (Å²) in [6, 6.07) is 0. The third-order valence-corrected chi connectivity index (χ3v) is 1.21. The third-order valence-electron chi connectivity index (χ3n) is 1.21. The molecule has 0 spiro atoms. The molecule has 0 radical (unpaired) electrons. The molecule has 0 fully saturated rings. The molecule has 0 aliphatic heterocycles. The number of primary amides is 2. The SMILES string of the molecule is C[C@H](O[C@H](C)C(N)=O)C(N)=O. The van der Waals surface area contributed by atoms with Gasteiger partial charge in [0.1, 0.15) is 12.2 Å². The summed E-state index contributed by atoms with van der Waals surface area (Å²) in [6.07, 6.45) is -1.56. The Morgan fingerprint density at radius 1 is 1.09 bits per heavy atom. The maximum absolute atomic E-state index is 10.4. The van der Waals surface area contributed by atoms with Crippen molar-refractivity contribution in [1.82, 2.24) is 0 Å². The Labute approximate surface area is 64.7 Å². The first kappa shape index (κ1) is 9.90. The monoisotopic (exact) mass is 160 g/mol. The van der Waals surface area contributed by atoms with Crippen LogP contribution in [0.2, 0.25) is 0 Å². The molecular weight excluding hydrogens is 148 g/mol. The molecule has 11 heavy (non-hydrogen) atoms. The minimum absolute atomic E-state index is 0.613. The molecule has 0 aliphatic rings. The average molecular weight is 160 g/mol. The largest absolute Gasteiger partial charge is 0.367 e. The molecule has 0 unspecified atom stereocenters. The molecular formula is C6H12N2O3. The lowest BCUT2D eigenvalue weighted by molar-refractivity contribution is -0.139. The molecule has 64 valence electrons. The van der Waals surface area contributed by atoms with Gasteiger partial charge in [0.25, 0.3) is 0 Å². The second-order valence-electron chi connectivity index (χ2n) is 2.23. The molecule has 0 aliphatic carbocycles. The van der Waals surface area contributed by atoms with Crippen LogP contribution < -0.4 is 11.5 Å². The molecule has 5 heteroatoms. The summed E-state index contributed by atoms with van der Waals surface area (Å²) in [6.45, 7) is 2.92. The third kappa shape index (κ3) is 3.57. The summed E-state index contributed by atoms with van der Waals surface area (Å²) in [5.74, 6) is -1.23. The van der Waals surface area contributed by atoms with Gasteiger partial charge in [0.05, 0.1) is 0 Å². The predicted molar refractivity (Wildman–Crippen MR) is 38.4 cm³/mol. The molecule has 0 rings (SSSR count). The van der Waals surface area contributed by atoms with Crippen molar-refractivity contribution in [2.45, 2.75) is 26.1 Å². The van der Waals surface area contributed by atoms with Crippen LogP contribution in [0.25, 0.3) is 0 Å². The minimum Gasteiger partial charge on any atom is -0.367 e. The molecule has 0 aromatic rings. The Bertz CT molecular complexity index is 151. The first-order valence-corrected chi connectivity index (χ1v) is 3.19. The van der Waals surface area contributed by atoms with E-state index in [1.54, 1.807) is 0 Å². The van der Waals surface area contributed by atoms with Gasteiger partial charge >= 0.3 is 0 Å². The molecule has 0 aromatic heterocycles. The zero-order valence-electron chi connectivity index (χ0n) is 6.53. The van der Waals surface area contributed by atoms with Gasteiger partial charge in [0.15, 0.2) is 0 Å². The van der Waals surface area contributed by atoms with E-state index in [9.17, 15) is 9.59 Å². The van der Waals surface area contributed by atoms with Crippen molar-refractivity contribution < 1.29 is 14.3 Å². The highest BCUT2D eigenvalue weighted by atomic mass is 16.5. The number of rotatable bonds is 4. The minimum atomic E-state index is -0.780. The molecule has 2 atom stereocenters. The van der Waals surface area contributed by atoms with Crippen LogP contribution in [0, 0.1) is 0 Å². The van der Waals surface area contributed by atoms with E-state index in [1.807, 2.05) is 0 Å². The Kier molecular flexibility index (Phi) is 3.53. The van der Waals surface area contributed by atoms with Crippen LogP contribution in [-0.4, -0.2) is 24.0 Å². The topological polar surface area (TPSA) is 95.4 Å². The standard InChI is InChI=1S/C6H12N2O3/c1-3(5(7)9)11-4(2)6(8)10/h3-4H,1-2H3,(H2,7,9)(H2,8,10)/t3-,4+. The van der Waals surface area contributed by atoms with Crippen LogP contribution in [-0.2, 0) is 14.3 Å². The highest BCUT2D eigenvalue weighted by molar-refractivity contribution is 5.81. The molecule has 0 heterocycles. The number of amides is 2. The summed E-state index contributed by atoms with van der Waals surface area (Å²) in [5, 5.41) is 0. The molecule has 5 nitrogen and oxygen atoms in total. The Balaban J connectivity index is 3.84. The number of nitrogens with two attached hydrogens (primary N) is 2. The predicted octanol–water partition coefficient (Wildman–Crippen LogP) is -1.25. The van der Waals surface area contributed by atoms with Crippen molar-refractivity contribution in [2.75, 3.05) is 0 Å². The van der Waals surface area contributed by atoms with Gasteiger partial charge in [-0.3, -0.25) is 9.59 Å². The van der Waals surface area contributed by atoms with Crippen molar-refractivity contribution in [1.29, 1.82) is 0 Å². The lowest BCUT2D eigenvalue weighted by Gasteiger charge is -2.12. The summed E-state index contributed by atoms with van der Waals surface area (Å²) >= 11 is 0. The molecule has 0 aromatic carbocycles. The number of hydrogen-bond donors (Lipinski definition) is 2. The Morgan fingerprint density at radius 2 is 1.36 bits per heavy atom. The quantitative estimate of drug-likeness (QED) is 0.538. The van der Waals surface area contributed by atoms with Gasteiger partial charge in [-0.2, -0.15) is 0 Å². The van der Waals surface area contributed by atoms with Gasteiger partial charge in [0, 0.05) is 0 Å². The summed E-state index contributed by atoms with van der Waals surface area (Å²) < 4.78 is 4.82. The fourth-order valence-corrected chi connectivity index (χ4v) is 0.440. The highest BCUT2D eigenvalue weighted by Crippen LogP contribution is 1.95. The van der Waals surface area contributed by atoms with E-state index in [1.165, 1.54) is 13.8 Å². The molecule has 0 bridgehead atoms. The smallest absolute Gasteiger partial charge is 0.246 e. The highest BCUT2D eigenvalue weighted by Gasteiger charge is 2.16. The summed E-state index contributed by atoms with van der Waals surface area (Å²) in [5.41, 5.74) is 9.74. The first-order valence-electron chi connectivity index (χ1n) is 3.19. The number of hydrogen-bond acceptors (Lipinski definition) is 3. The molecule has 4 N–H and O–H groups in total. The van der Waals surface area contributed by atoms with Crippen molar-refractivity contribution in [3.63, 3.8) is 0 Å². The lowest BCUT2D eigenvalue weighted by Crippen LogP contribution is -2.37. The second kappa shape index (κ2) is 3.92. The zero-order chi connectivity index (χ0) is 9.02. The van der Waals surface area contributed by atoms with E-state index >= 15 is 0 Å². The van der Waals surface area contributed by atoms with E-state index < -0.39 is 24.0 Å². The zero-order valence-corrected chi connectivity index (χ0v) is 6.53. The number of ether oxygens (including phenoxy) is 1. The van der Waals surface area contributed by atoms with Crippen molar-refractivity contribution >= 4 is 11.8 Å². The fraction of sp³-hybridized carbons (Fsp3) is 0.667. The fourth-order valence-electron chi connectivity index (χ4n) is 0.440. The van der Waals surface area contributed by atoms with Gasteiger partial charge < -0.3 is 16.2 Å². The summed E-state index contributed by atoms with van der Waals surface area (Å²) in [4.78, 5) is 20.8. The van der Waals surface area contributed by atoms with Crippen LogP contribution in [0.5, 0.6) is 0 Å². The normalized spacial score (nSPS) is 15.5. The molecule has 0 saturated heterocycles. The Morgan fingerprint density at radius 3 is 1.55 bits per heavy atom. The Hall–Kier alpha value is -1.10. The van der Waals surface area contributed by atoms with Gasteiger partial charge in [0.2, 0.25) is 11.8 Å². The molecule has 2 amide bonds. The van der Waals surface area contributed by atoms with Gasteiger partial charge in [-0.15, -0.1) is 0 Å². The second-order valence-corrected chi connectivity index (χ2v) is 2.23. The van der Waals surface area contributed by atoms with E-state index in [-0.39, 0.29) is 0 Å². The molecule has 0 saturated carbocycles. The van der Waals surface area contributed by atoms with E-state index in [2.05, 4.69) is 0 Å². The van der Waals surface area contributed by atoms with E-state index in [0.29, 0.717) is 0 Å². The first-order chi connectivity index (χ1) is 4.95. The van der Waals surface area contributed by atoms with E-state index in [0.717, 1.165) is 0 Å². The maximum Gasteiger partial charge on any atom is 0.246 e. The van der Waals surface area contributed by atoms with Crippen LogP contribution in [0.4, 0.5) is 0 Å². The van der Waals surface area contributed by atoms with Gasteiger partial charge in [-0.05, 0) is 13.8 Å². The van der Waals surface area contributed by atoms with Crippen molar-refractivity contribution in [3.8, 4) is 0 Å². The average Bonchev–Trinajstić information content (AvgIpc) is 1.87. The van der Waals surface area contributed by atoms with Crippen molar-refractivity contribution in [2.24, 2.45) is 11.5 Å². The number of carbonyl (C=O) groups is 2. The van der Waals surface area contributed by atoms with Crippen LogP contribution in [0.1, 0.15) is 13.8 Å². The number of carbonyl (C=O) groups excluding carboxylic acids is 2. The van der Waals surface area contributed by atoms with Gasteiger partial charge in [-0.1, -0.05) is 0 Å². The summed E-state index contributed by atoms with van der Waals surface area (Å²) in [7, 11) is 0. The van der Waals surface area contributed by atoms with Gasteiger partial charge in [-0.25, -0.2) is 0 Å². The van der Waals surface area contributed by atoms with Crippen molar-refractivity contribution in [3.05, 3.63) is 0 Å². The van der Waals surface area contributed by atoms with Crippen LogP contribution in [0.15, 0.2) is 0 Å². The van der Waals surface area contributed by atoms with Crippen LogP contribution >= 0.6 is 0 Å². The maximum atomic E-state index is 10.4. The lowest BCUT2D eigenvalue weighted by atomic mass is 10.3.